The van der Waals surface area contributed by atoms with Crippen molar-refractivity contribution in [1.29, 1.82) is 0 Å². The molecule has 1 fully saturated rings. The summed E-state index contributed by atoms with van der Waals surface area (Å²) in [6, 6.07) is 4.45. The maximum absolute atomic E-state index is 6.26. The zero-order valence-electron chi connectivity index (χ0n) is 10.8. The van der Waals surface area contributed by atoms with Crippen LogP contribution in [-0.2, 0) is 0 Å². The quantitative estimate of drug-likeness (QED) is 0.891. The maximum Gasteiger partial charge on any atom is 0.0519 e. The molecule has 0 amide bonds. The summed E-state index contributed by atoms with van der Waals surface area (Å²) >= 11 is 1.78. The highest BCUT2D eigenvalue weighted by Crippen LogP contribution is 2.23. The normalized spacial score (nSPS) is 24.5. The molecule has 2 N–H and O–H groups in total. The molecule has 0 spiro atoms. The molecule has 17 heavy (non-hydrogen) atoms. The fourth-order valence-electron chi connectivity index (χ4n) is 2.69. The van der Waals surface area contributed by atoms with Crippen LogP contribution in [0.2, 0.25) is 0 Å². The van der Waals surface area contributed by atoms with Gasteiger partial charge in [-0.15, -0.1) is 11.3 Å². The summed E-state index contributed by atoms with van der Waals surface area (Å²) in [5.74, 6) is 0.943. The SMILES string of the molecule is CCC1CCCN(CC(N)c2cccs2)CC1. The molecule has 0 aliphatic carbocycles. The van der Waals surface area contributed by atoms with Gasteiger partial charge in [0, 0.05) is 11.4 Å². The van der Waals surface area contributed by atoms with E-state index < -0.39 is 0 Å². The highest BCUT2D eigenvalue weighted by atomic mass is 32.1. The highest BCUT2D eigenvalue weighted by Gasteiger charge is 2.18. The van der Waals surface area contributed by atoms with E-state index in [0.29, 0.717) is 0 Å². The molecule has 96 valence electrons. The van der Waals surface area contributed by atoms with Crippen molar-refractivity contribution in [2.45, 2.75) is 38.6 Å². The summed E-state index contributed by atoms with van der Waals surface area (Å²) in [5, 5.41) is 2.12. The van der Waals surface area contributed by atoms with E-state index in [4.69, 9.17) is 5.73 Å². The maximum atomic E-state index is 6.26. The van der Waals surface area contributed by atoms with Gasteiger partial charge in [0.2, 0.25) is 0 Å². The fraction of sp³-hybridized carbons (Fsp3) is 0.714. The van der Waals surface area contributed by atoms with Crippen LogP contribution in [-0.4, -0.2) is 24.5 Å². The van der Waals surface area contributed by atoms with Crippen LogP contribution in [0, 0.1) is 5.92 Å². The van der Waals surface area contributed by atoms with Crippen LogP contribution < -0.4 is 5.73 Å². The molecule has 2 unspecified atom stereocenters. The predicted octanol–water partition coefficient (Wildman–Crippen LogP) is 3.26. The molecule has 2 atom stereocenters. The Hall–Kier alpha value is -0.380. The van der Waals surface area contributed by atoms with Crippen molar-refractivity contribution < 1.29 is 0 Å². The Morgan fingerprint density at radius 1 is 1.47 bits per heavy atom. The van der Waals surface area contributed by atoms with E-state index in [9.17, 15) is 0 Å². The summed E-state index contributed by atoms with van der Waals surface area (Å²) in [6.45, 7) is 5.81. The van der Waals surface area contributed by atoms with Crippen molar-refractivity contribution in [2.75, 3.05) is 19.6 Å². The first-order chi connectivity index (χ1) is 8.29. The van der Waals surface area contributed by atoms with Crippen LogP contribution in [0.15, 0.2) is 17.5 Å². The summed E-state index contributed by atoms with van der Waals surface area (Å²) in [4.78, 5) is 3.88. The highest BCUT2D eigenvalue weighted by molar-refractivity contribution is 7.10. The Labute approximate surface area is 109 Å². The Bertz CT molecular complexity index is 310. The summed E-state index contributed by atoms with van der Waals surface area (Å²) < 4.78 is 0. The van der Waals surface area contributed by atoms with E-state index in [0.717, 1.165) is 12.5 Å². The second kappa shape index (κ2) is 6.53. The lowest BCUT2D eigenvalue weighted by Gasteiger charge is -2.23. The number of likely N-dealkylation sites (tertiary alicyclic amines) is 1. The predicted molar refractivity (Wildman–Crippen MR) is 75.3 cm³/mol. The van der Waals surface area contributed by atoms with Crippen LogP contribution in [0.3, 0.4) is 0 Å². The Morgan fingerprint density at radius 3 is 3.06 bits per heavy atom. The van der Waals surface area contributed by atoms with Crippen molar-refractivity contribution in [2.24, 2.45) is 11.7 Å². The molecule has 1 saturated heterocycles. The molecule has 2 heterocycles. The minimum absolute atomic E-state index is 0.202. The zero-order chi connectivity index (χ0) is 12.1. The number of nitrogens with zero attached hydrogens (tertiary/aromatic N) is 1. The molecular formula is C14H24N2S. The van der Waals surface area contributed by atoms with Gasteiger partial charge in [-0.2, -0.15) is 0 Å². The zero-order valence-corrected chi connectivity index (χ0v) is 11.6. The number of hydrogen-bond acceptors (Lipinski definition) is 3. The van der Waals surface area contributed by atoms with Gasteiger partial charge < -0.3 is 10.6 Å². The number of thiophene rings is 1. The minimum Gasteiger partial charge on any atom is -0.322 e. The molecule has 0 radical (unpaired) electrons. The number of hydrogen-bond donors (Lipinski definition) is 1. The summed E-state index contributed by atoms with van der Waals surface area (Å²) in [5.41, 5.74) is 6.26. The van der Waals surface area contributed by atoms with E-state index in [1.807, 2.05) is 0 Å². The van der Waals surface area contributed by atoms with E-state index >= 15 is 0 Å². The number of rotatable bonds is 4. The minimum atomic E-state index is 0.202. The third kappa shape index (κ3) is 3.80. The van der Waals surface area contributed by atoms with Crippen molar-refractivity contribution in [1.82, 2.24) is 4.90 Å². The molecule has 3 heteroatoms. The van der Waals surface area contributed by atoms with Gasteiger partial charge in [0.05, 0.1) is 6.04 Å². The lowest BCUT2D eigenvalue weighted by molar-refractivity contribution is 0.264. The van der Waals surface area contributed by atoms with E-state index in [1.165, 1.54) is 43.6 Å². The lowest BCUT2D eigenvalue weighted by atomic mass is 9.98. The average Bonchev–Trinajstić information content (AvgIpc) is 2.78. The summed E-state index contributed by atoms with van der Waals surface area (Å²) in [6.07, 6.45) is 5.44. The van der Waals surface area contributed by atoms with Gasteiger partial charge >= 0.3 is 0 Å². The molecule has 1 aromatic rings. The first-order valence-corrected chi connectivity index (χ1v) is 7.69. The molecule has 1 aliphatic rings. The molecule has 2 nitrogen and oxygen atoms in total. The largest absolute Gasteiger partial charge is 0.322 e. The van der Waals surface area contributed by atoms with Gasteiger partial charge in [0.15, 0.2) is 0 Å². The molecular weight excluding hydrogens is 228 g/mol. The third-order valence-corrected chi connectivity index (χ3v) is 4.89. The van der Waals surface area contributed by atoms with Crippen LogP contribution >= 0.6 is 11.3 Å². The van der Waals surface area contributed by atoms with Crippen LogP contribution in [0.5, 0.6) is 0 Å². The second-order valence-electron chi connectivity index (χ2n) is 5.13. The first-order valence-electron chi connectivity index (χ1n) is 6.81. The van der Waals surface area contributed by atoms with E-state index in [-0.39, 0.29) is 6.04 Å². The van der Waals surface area contributed by atoms with Crippen molar-refractivity contribution in [3.05, 3.63) is 22.4 Å². The van der Waals surface area contributed by atoms with Crippen molar-refractivity contribution in [3.8, 4) is 0 Å². The topological polar surface area (TPSA) is 29.3 Å². The van der Waals surface area contributed by atoms with Gasteiger partial charge in [-0.3, -0.25) is 0 Å². The molecule has 0 aromatic carbocycles. The van der Waals surface area contributed by atoms with Gasteiger partial charge in [-0.25, -0.2) is 0 Å². The van der Waals surface area contributed by atoms with Crippen molar-refractivity contribution in [3.63, 3.8) is 0 Å². The Kier molecular flexibility index (Phi) is 5.01. The van der Waals surface area contributed by atoms with Gasteiger partial charge in [0.1, 0.15) is 0 Å². The monoisotopic (exact) mass is 252 g/mol. The molecule has 0 bridgehead atoms. The van der Waals surface area contributed by atoms with E-state index in [1.54, 1.807) is 11.3 Å². The number of nitrogens with two attached hydrogens (primary N) is 1. The second-order valence-corrected chi connectivity index (χ2v) is 6.11. The smallest absolute Gasteiger partial charge is 0.0519 e. The van der Waals surface area contributed by atoms with Crippen LogP contribution in [0.25, 0.3) is 0 Å². The van der Waals surface area contributed by atoms with Crippen LogP contribution in [0.1, 0.15) is 43.5 Å². The molecule has 1 aromatic heterocycles. The fourth-order valence-corrected chi connectivity index (χ4v) is 3.41. The Balaban J connectivity index is 1.82. The third-order valence-electron chi connectivity index (χ3n) is 3.88. The summed E-state index contributed by atoms with van der Waals surface area (Å²) in [7, 11) is 0. The first kappa shape index (κ1) is 13.1. The standard InChI is InChI=1S/C14H24N2S/c1-2-12-5-3-8-16(9-7-12)11-13(15)14-6-4-10-17-14/h4,6,10,12-13H,2-3,5,7-9,11,15H2,1H3. The molecule has 1 aliphatic heterocycles. The van der Waals surface area contributed by atoms with Gasteiger partial charge in [-0.05, 0) is 49.7 Å². The van der Waals surface area contributed by atoms with E-state index in [2.05, 4.69) is 29.3 Å². The van der Waals surface area contributed by atoms with Gasteiger partial charge in [0.25, 0.3) is 0 Å². The average molecular weight is 252 g/mol. The lowest BCUT2D eigenvalue weighted by Crippen LogP contribution is -2.32. The van der Waals surface area contributed by atoms with Gasteiger partial charge in [-0.1, -0.05) is 19.4 Å². The molecule has 2 rings (SSSR count). The Morgan fingerprint density at radius 2 is 2.35 bits per heavy atom. The van der Waals surface area contributed by atoms with Crippen molar-refractivity contribution >= 4 is 11.3 Å². The van der Waals surface area contributed by atoms with Crippen LogP contribution in [0.4, 0.5) is 0 Å². The molecule has 0 saturated carbocycles.